The second-order valence-electron chi connectivity index (χ2n) is 8.10. The van der Waals surface area contributed by atoms with Crippen molar-refractivity contribution in [1.82, 2.24) is 24.8 Å². The average Bonchev–Trinajstić information content (AvgIpc) is 3.23. The van der Waals surface area contributed by atoms with Crippen molar-refractivity contribution in [1.29, 1.82) is 0 Å². The number of aromatic nitrogens is 4. The smallest absolute Gasteiger partial charge is 0.175 e. The Morgan fingerprint density at radius 2 is 2.14 bits per heavy atom. The highest BCUT2D eigenvalue weighted by molar-refractivity contribution is 14.1. The van der Waals surface area contributed by atoms with Gasteiger partial charge in [0.15, 0.2) is 22.1 Å². The van der Waals surface area contributed by atoms with Crippen LogP contribution in [-0.4, -0.2) is 37.4 Å². The number of benzene rings is 1. The van der Waals surface area contributed by atoms with Crippen LogP contribution in [0, 0.1) is 3.57 Å². The number of anilines is 1. The number of rotatable bonds is 6. The number of fused-ring (bicyclic) bond motifs is 2. The van der Waals surface area contributed by atoms with Crippen LogP contribution in [0.2, 0.25) is 0 Å². The summed E-state index contributed by atoms with van der Waals surface area (Å²) < 4.78 is 3.44. The van der Waals surface area contributed by atoms with Gasteiger partial charge in [-0.05, 0) is 80.4 Å². The van der Waals surface area contributed by atoms with E-state index in [1.54, 1.807) is 11.8 Å². The highest BCUT2D eigenvalue weighted by Crippen LogP contribution is 2.40. The fourth-order valence-corrected chi connectivity index (χ4v) is 6.35. The molecule has 1 aliphatic heterocycles. The van der Waals surface area contributed by atoms with Crippen LogP contribution in [0.3, 0.4) is 0 Å². The predicted octanol–water partition coefficient (Wildman–Crippen LogP) is 4.59. The van der Waals surface area contributed by atoms with Gasteiger partial charge in [-0.15, -0.1) is 11.8 Å². The number of hydrogen-bond donors (Lipinski definition) is 2. The molecule has 4 rings (SSSR count). The lowest BCUT2D eigenvalue weighted by molar-refractivity contribution is 0.412. The molecule has 6 nitrogen and oxygen atoms in total. The Morgan fingerprint density at radius 1 is 1.31 bits per heavy atom. The molecular weight excluding hydrogens is 515 g/mol. The van der Waals surface area contributed by atoms with Crippen LogP contribution < -0.4 is 11.1 Å². The van der Waals surface area contributed by atoms with Crippen LogP contribution in [0.1, 0.15) is 32.8 Å². The van der Waals surface area contributed by atoms with Gasteiger partial charge < -0.3 is 15.6 Å². The minimum atomic E-state index is 0.111. The molecule has 0 saturated heterocycles. The lowest BCUT2D eigenvalue weighted by atomic mass is 10.1. The van der Waals surface area contributed by atoms with E-state index in [1.807, 2.05) is 11.8 Å². The van der Waals surface area contributed by atoms with Crippen molar-refractivity contribution in [3.8, 4) is 0 Å². The van der Waals surface area contributed by atoms with E-state index < -0.39 is 0 Å². The fraction of sp³-hybridized carbons (Fsp3) is 0.450. The Bertz CT molecular complexity index is 1040. The van der Waals surface area contributed by atoms with Gasteiger partial charge in [-0.2, -0.15) is 0 Å². The van der Waals surface area contributed by atoms with Gasteiger partial charge in [-0.1, -0.05) is 11.8 Å². The van der Waals surface area contributed by atoms with E-state index in [1.165, 1.54) is 31.0 Å². The van der Waals surface area contributed by atoms with Gasteiger partial charge in [0.05, 0.1) is 0 Å². The van der Waals surface area contributed by atoms with Gasteiger partial charge in [0.1, 0.15) is 6.33 Å². The number of halogens is 1. The third kappa shape index (κ3) is 4.83. The largest absolute Gasteiger partial charge is 0.382 e. The lowest BCUT2D eigenvalue weighted by Crippen LogP contribution is -2.36. The summed E-state index contributed by atoms with van der Waals surface area (Å²) in [5.74, 6) is 1.61. The van der Waals surface area contributed by atoms with Crippen molar-refractivity contribution >= 4 is 63.1 Å². The maximum absolute atomic E-state index is 6.09. The molecule has 29 heavy (non-hydrogen) atoms. The monoisotopic (exact) mass is 540 g/mol. The second kappa shape index (κ2) is 8.60. The van der Waals surface area contributed by atoms with Gasteiger partial charge in [0, 0.05) is 31.2 Å². The van der Waals surface area contributed by atoms with E-state index in [0.29, 0.717) is 11.3 Å². The molecule has 9 heteroatoms. The summed E-state index contributed by atoms with van der Waals surface area (Å²) in [6.07, 6.45) is 3.64. The topological polar surface area (TPSA) is 81.7 Å². The third-order valence-electron chi connectivity index (χ3n) is 4.68. The Hall–Kier alpha value is -1.04. The standard InChI is InChI=1S/C20H25IN6S2/c1-20(2,3)25-6-4-7-27-18-16(17(22)23-11-24-18)26-19(27)29-15-9-12-5-8-28-14(12)10-13(15)21/h9-11,25H,4-8H2,1-3H3,(H2,22,23,24). The van der Waals surface area contributed by atoms with E-state index in [4.69, 9.17) is 10.7 Å². The first-order chi connectivity index (χ1) is 13.8. The Labute approximate surface area is 193 Å². The number of nitrogen functional groups attached to an aromatic ring is 1. The van der Waals surface area contributed by atoms with Crippen molar-refractivity contribution in [2.45, 2.75) is 60.6 Å². The number of imidazole rings is 1. The fourth-order valence-electron chi connectivity index (χ4n) is 3.27. The molecule has 2 aromatic heterocycles. The van der Waals surface area contributed by atoms with Crippen LogP contribution in [0.15, 0.2) is 33.4 Å². The maximum atomic E-state index is 6.09. The van der Waals surface area contributed by atoms with Gasteiger partial charge in [0.25, 0.3) is 0 Å². The van der Waals surface area contributed by atoms with Crippen LogP contribution in [-0.2, 0) is 13.0 Å². The lowest BCUT2D eigenvalue weighted by Gasteiger charge is -2.20. The highest BCUT2D eigenvalue weighted by atomic mass is 127. The molecule has 0 spiro atoms. The molecule has 3 aromatic rings. The molecule has 0 atom stereocenters. The third-order valence-corrected chi connectivity index (χ3v) is 8.09. The molecule has 0 fully saturated rings. The number of thioether (sulfide) groups is 1. The zero-order valence-corrected chi connectivity index (χ0v) is 20.6. The van der Waals surface area contributed by atoms with Gasteiger partial charge in [0.2, 0.25) is 0 Å². The molecule has 3 N–H and O–H groups in total. The molecular formula is C20H25IN6S2. The van der Waals surface area contributed by atoms with Crippen LogP contribution in [0.5, 0.6) is 0 Å². The number of nitrogens with zero attached hydrogens (tertiary/aromatic N) is 4. The van der Waals surface area contributed by atoms with Crippen LogP contribution >= 0.6 is 46.1 Å². The molecule has 0 aliphatic carbocycles. The van der Waals surface area contributed by atoms with Crippen molar-refractivity contribution < 1.29 is 0 Å². The summed E-state index contributed by atoms with van der Waals surface area (Å²) in [5.41, 5.74) is 9.14. The van der Waals surface area contributed by atoms with Gasteiger partial charge in [-0.3, -0.25) is 0 Å². The molecule has 1 aromatic carbocycles. The summed E-state index contributed by atoms with van der Waals surface area (Å²) in [6, 6.07) is 4.62. The van der Waals surface area contributed by atoms with Gasteiger partial charge in [-0.25, -0.2) is 15.0 Å². The molecule has 0 amide bonds. The Morgan fingerprint density at radius 3 is 2.93 bits per heavy atom. The van der Waals surface area contributed by atoms with Crippen molar-refractivity contribution in [2.75, 3.05) is 18.0 Å². The summed E-state index contributed by atoms with van der Waals surface area (Å²) in [6.45, 7) is 8.31. The first-order valence-electron chi connectivity index (χ1n) is 9.66. The molecule has 154 valence electrons. The van der Waals surface area contributed by atoms with E-state index in [-0.39, 0.29) is 5.54 Å². The van der Waals surface area contributed by atoms with E-state index in [0.717, 1.165) is 36.7 Å². The van der Waals surface area contributed by atoms with E-state index >= 15 is 0 Å². The Balaban J connectivity index is 1.64. The first-order valence-corrected chi connectivity index (χ1v) is 12.5. The summed E-state index contributed by atoms with van der Waals surface area (Å²) >= 11 is 6.07. The van der Waals surface area contributed by atoms with E-state index in [2.05, 4.69) is 75.3 Å². The summed E-state index contributed by atoms with van der Waals surface area (Å²) in [5, 5.41) is 4.47. The molecule has 0 saturated carbocycles. The minimum absolute atomic E-state index is 0.111. The summed E-state index contributed by atoms with van der Waals surface area (Å²) in [4.78, 5) is 16.1. The Kier molecular flexibility index (Phi) is 6.29. The second-order valence-corrected chi connectivity index (χ2v) is 11.4. The zero-order valence-electron chi connectivity index (χ0n) is 16.8. The van der Waals surface area contributed by atoms with Crippen molar-refractivity contribution in [2.24, 2.45) is 0 Å². The minimum Gasteiger partial charge on any atom is -0.382 e. The molecule has 0 bridgehead atoms. The molecule has 0 unspecified atom stereocenters. The van der Waals surface area contributed by atoms with E-state index in [9.17, 15) is 0 Å². The molecule has 0 radical (unpaired) electrons. The number of hydrogen-bond acceptors (Lipinski definition) is 7. The summed E-state index contributed by atoms with van der Waals surface area (Å²) in [7, 11) is 0. The SMILES string of the molecule is CC(C)(C)NCCCn1c(Sc2cc3c(cc2I)SCC3)nc2c(N)ncnc21. The normalized spacial score (nSPS) is 13.9. The first kappa shape index (κ1) is 21.2. The maximum Gasteiger partial charge on any atom is 0.175 e. The average molecular weight is 541 g/mol. The van der Waals surface area contributed by atoms with Crippen molar-refractivity contribution in [3.63, 3.8) is 0 Å². The van der Waals surface area contributed by atoms with Crippen LogP contribution in [0.25, 0.3) is 11.2 Å². The zero-order chi connectivity index (χ0) is 20.6. The number of nitrogens with two attached hydrogens (primary N) is 1. The molecule has 3 heterocycles. The number of aryl methyl sites for hydroxylation is 2. The quantitative estimate of drug-likeness (QED) is 0.350. The van der Waals surface area contributed by atoms with Crippen molar-refractivity contribution in [3.05, 3.63) is 27.6 Å². The van der Waals surface area contributed by atoms with Gasteiger partial charge >= 0.3 is 0 Å². The predicted molar refractivity (Wildman–Crippen MR) is 130 cm³/mol. The number of nitrogens with one attached hydrogen (secondary N) is 1. The van der Waals surface area contributed by atoms with Crippen LogP contribution in [0.4, 0.5) is 5.82 Å². The highest BCUT2D eigenvalue weighted by Gasteiger charge is 2.19. The molecule has 1 aliphatic rings.